The molecule has 0 spiro atoms. The molecule has 0 nitrogen and oxygen atoms in total. The molecular formula is C40H26. The van der Waals surface area contributed by atoms with E-state index < -0.39 is 0 Å². The number of rotatable bonds is 3. The minimum absolute atomic E-state index is 1.24. The second kappa shape index (κ2) is 9.22. The van der Waals surface area contributed by atoms with Crippen LogP contribution in [0.2, 0.25) is 0 Å². The van der Waals surface area contributed by atoms with Crippen molar-refractivity contribution in [3.63, 3.8) is 0 Å². The fourth-order valence-electron chi connectivity index (χ4n) is 6.55. The lowest BCUT2D eigenvalue weighted by molar-refractivity contribution is 1.63. The number of hydrogen-bond acceptors (Lipinski definition) is 0. The molecule has 8 rings (SSSR count). The Bertz CT molecular complexity index is 2140. The Kier molecular flexibility index (Phi) is 5.24. The topological polar surface area (TPSA) is 0 Å². The van der Waals surface area contributed by atoms with E-state index in [9.17, 15) is 0 Å². The molecule has 0 radical (unpaired) electrons. The summed E-state index contributed by atoms with van der Waals surface area (Å²) in [7, 11) is 0. The van der Waals surface area contributed by atoms with E-state index >= 15 is 0 Å². The first kappa shape index (κ1) is 22.8. The Balaban J connectivity index is 1.57. The highest BCUT2D eigenvalue weighted by Crippen LogP contribution is 2.48. The largest absolute Gasteiger partial charge is 0.0622 e. The minimum atomic E-state index is 1.24. The van der Waals surface area contributed by atoms with Crippen molar-refractivity contribution in [3.8, 4) is 33.4 Å². The van der Waals surface area contributed by atoms with Crippen molar-refractivity contribution in [1.29, 1.82) is 0 Å². The van der Waals surface area contributed by atoms with Crippen molar-refractivity contribution >= 4 is 43.1 Å². The van der Waals surface area contributed by atoms with Gasteiger partial charge in [-0.25, -0.2) is 0 Å². The summed E-state index contributed by atoms with van der Waals surface area (Å²) in [5.74, 6) is 0. The third-order valence-electron chi connectivity index (χ3n) is 8.25. The van der Waals surface area contributed by atoms with Crippen LogP contribution in [-0.4, -0.2) is 0 Å². The van der Waals surface area contributed by atoms with Crippen LogP contribution < -0.4 is 0 Å². The Morgan fingerprint density at radius 2 is 0.675 bits per heavy atom. The Labute approximate surface area is 233 Å². The lowest BCUT2D eigenvalue weighted by Crippen LogP contribution is -1.94. The van der Waals surface area contributed by atoms with Gasteiger partial charge in [-0.2, -0.15) is 0 Å². The van der Waals surface area contributed by atoms with Gasteiger partial charge in [0.15, 0.2) is 0 Å². The van der Waals surface area contributed by atoms with Crippen LogP contribution in [0.1, 0.15) is 0 Å². The fraction of sp³-hybridized carbons (Fsp3) is 0. The van der Waals surface area contributed by atoms with Crippen LogP contribution in [0.15, 0.2) is 158 Å². The molecule has 0 saturated heterocycles. The van der Waals surface area contributed by atoms with Crippen LogP contribution in [0, 0.1) is 0 Å². The zero-order valence-electron chi connectivity index (χ0n) is 22.0. The second-order valence-corrected chi connectivity index (χ2v) is 10.4. The summed E-state index contributed by atoms with van der Waals surface area (Å²) >= 11 is 0. The van der Waals surface area contributed by atoms with E-state index in [2.05, 4.69) is 158 Å². The van der Waals surface area contributed by atoms with E-state index in [1.54, 1.807) is 0 Å². The second-order valence-electron chi connectivity index (χ2n) is 10.4. The SMILES string of the molecule is c1ccc(-c2c(-c3c4ccccc4c(-c4cccc5ccccc45)c4ccccc34)ccc3ccccc23)cc1. The zero-order valence-corrected chi connectivity index (χ0v) is 22.0. The molecule has 0 aliphatic heterocycles. The predicted molar refractivity (Wildman–Crippen MR) is 173 cm³/mol. The molecule has 0 amide bonds. The summed E-state index contributed by atoms with van der Waals surface area (Å²) in [5, 5.41) is 10.2. The number of hydrogen-bond donors (Lipinski definition) is 0. The van der Waals surface area contributed by atoms with Crippen molar-refractivity contribution in [2.75, 3.05) is 0 Å². The summed E-state index contributed by atoms with van der Waals surface area (Å²) in [6, 6.07) is 57.5. The lowest BCUT2D eigenvalue weighted by atomic mass is 9.82. The molecule has 0 N–H and O–H groups in total. The van der Waals surface area contributed by atoms with Gasteiger partial charge in [0.1, 0.15) is 0 Å². The molecule has 40 heavy (non-hydrogen) atoms. The minimum Gasteiger partial charge on any atom is -0.0622 e. The fourth-order valence-corrected chi connectivity index (χ4v) is 6.55. The molecule has 0 unspecified atom stereocenters. The molecule has 0 saturated carbocycles. The van der Waals surface area contributed by atoms with Gasteiger partial charge >= 0.3 is 0 Å². The highest BCUT2D eigenvalue weighted by Gasteiger charge is 2.20. The summed E-state index contributed by atoms with van der Waals surface area (Å²) in [4.78, 5) is 0. The van der Waals surface area contributed by atoms with Gasteiger partial charge in [0.05, 0.1) is 0 Å². The normalized spacial score (nSPS) is 11.5. The monoisotopic (exact) mass is 506 g/mol. The van der Waals surface area contributed by atoms with Gasteiger partial charge in [-0.3, -0.25) is 0 Å². The van der Waals surface area contributed by atoms with Gasteiger partial charge in [-0.1, -0.05) is 158 Å². The third-order valence-corrected chi connectivity index (χ3v) is 8.25. The van der Waals surface area contributed by atoms with Crippen LogP contribution in [0.3, 0.4) is 0 Å². The average Bonchev–Trinajstić information content (AvgIpc) is 3.03. The van der Waals surface area contributed by atoms with E-state index in [0.29, 0.717) is 0 Å². The maximum atomic E-state index is 2.33. The standard InChI is InChI=1S/C40H26/c1-2-15-29(16-3-1)38-31-19-7-5-14-28(31)25-26-37(38)40-35-22-10-8-20-33(35)39(34-21-9-11-23-36(34)40)32-24-12-17-27-13-4-6-18-30(27)32/h1-26H. The molecule has 0 fully saturated rings. The zero-order chi connectivity index (χ0) is 26.5. The quantitative estimate of drug-likeness (QED) is 0.209. The summed E-state index contributed by atoms with van der Waals surface area (Å²) in [5.41, 5.74) is 7.65. The van der Waals surface area contributed by atoms with Crippen LogP contribution in [0.25, 0.3) is 76.5 Å². The van der Waals surface area contributed by atoms with Crippen molar-refractivity contribution in [1.82, 2.24) is 0 Å². The van der Waals surface area contributed by atoms with E-state index in [-0.39, 0.29) is 0 Å². The van der Waals surface area contributed by atoms with Crippen LogP contribution in [-0.2, 0) is 0 Å². The smallest absolute Gasteiger partial charge is 0.00199 e. The van der Waals surface area contributed by atoms with Crippen molar-refractivity contribution in [3.05, 3.63) is 158 Å². The van der Waals surface area contributed by atoms with Crippen LogP contribution >= 0.6 is 0 Å². The first-order valence-corrected chi connectivity index (χ1v) is 13.9. The number of fused-ring (bicyclic) bond motifs is 4. The summed E-state index contributed by atoms with van der Waals surface area (Å²) in [6.45, 7) is 0. The first-order chi connectivity index (χ1) is 19.9. The van der Waals surface area contributed by atoms with Crippen molar-refractivity contribution < 1.29 is 0 Å². The van der Waals surface area contributed by atoms with Gasteiger partial charge in [0.25, 0.3) is 0 Å². The molecule has 186 valence electrons. The molecule has 0 aliphatic rings. The van der Waals surface area contributed by atoms with Crippen LogP contribution in [0.4, 0.5) is 0 Å². The molecular weight excluding hydrogens is 480 g/mol. The molecule has 8 aromatic rings. The van der Waals surface area contributed by atoms with E-state index in [0.717, 1.165) is 0 Å². The Morgan fingerprint density at radius 3 is 1.30 bits per heavy atom. The molecule has 0 heterocycles. The van der Waals surface area contributed by atoms with Gasteiger partial charge in [-0.15, -0.1) is 0 Å². The van der Waals surface area contributed by atoms with Gasteiger partial charge in [-0.05, 0) is 76.5 Å². The summed E-state index contributed by atoms with van der Waals surface area (Å²) < 4.78 is 0. The molecule has 0 heteroatoms. The average molecular weight is 507 g/mol. The predicted octanol–water partition coefficient (Wildman–Crippen LogP) is 11.3. The summed E-state index contributed by atoms with van der Waals surface area (Å²) in [6.07, 6.45) is 0. The third kappa shape index (κ3) is 3.47. The van der Waals surface area contributed by atoms with Crippen molar-refractivity contribution in [2.45, 2.75) is 0 Å². The molecule has 0 bridgehead atoms. The highest BCUT2D eigenvalue weighted by atomic mass is 14.2. The Morgan fingerprint density at radius 1 is 0.225 bits per heavy atom. The number of benzene rings is 8. The first-order valence-electron chi connectivity index (χ1n) is 13.9. The maximum Gasteiger partial charge on any atom is -0.00199 e. The highest BCUT2D eigenvalue weighted by molar-refractivity contribution is 6.25. The van der Waals surface area contributed by atoms with Crippen molar-refractivity contribution in [2.24, 2.45) is 0 Å². The van der Waals surface area contributed by atoms with Gasteiger partial charge < -0.3 is 0 Å². The lowest BCUT2D eigenvalue weighted by Gasteiger charge is -2.21. The molecule has 0 atom stereocenters. The van der Waals surface area contributed by atoms with E-state index in [1.807, 2.05) is 0 Å². The van der Waals surface area contributed by atoms with Crippen LogP contribution in [0.5, 0.6) is 0 Å². The molecule has 0 aliphatic carbocycles. The van der Waals surface area contributed by atoms with Gasteiger partial charge in [0.2, 0.25) is 0 Å². The molecule has 8 aromatic carbocycles. The Hall–Kier alpha value is -5.20. The molecule has 0 aromatic heterocycles. The maximum absolute atomic E-state index is 2.33. The van der Waals surface area contributed by atoms with E-state index in [4.69, 9.17) is 0 Å². The van der Waals surface area contributed by atoms with E-state index in [1.165, 1.54) is 76.5 Å². The van der Waals surface area contributed by atoms with Gasteiger partial charge in [0, 0.05) is 0 Å².